The van der Waals surface area contributed by atoms with Crippen LogP contribution in [0.1, 0.15) is 16.0 Å². The van der Waals surface area contributed by atoms with Crippen LogP contribution in [0.4, 0.5) is 0 Å². The Morgan fingerprint density at radius 2 is 1.93 bits per heavy atom. The topological polar surface area (TPSA) is 55.0 Å². The van der Waals surface area contributed by atoms with Crippen LogP contribution in [-0.4, -0.2) is 9.97 Å². The van der Waals surface area contributed by atoms with Crippen LogP contribution in [0.15, 0.2) is 57.8 Å². The fraction of sp³-hybridized carbons (Fsp3) is 0.143. The largest absolute Gasteiger partial charge is 0.488 e. The van der Waals surface area contributed by atoms with Crippen molar-refractivity contribution in [1.82, 2.24) is 9.97 Å². The molecule has 4 aromatic rings. The van der Waals surface area contributed by atoms with E-state index in [9.17, 15) is 4.79 Å². The summed E-state index contributed by atoms with van der Waals surface area (Å²) >= 11 is 5.11. The van der Waals surface area contributed by atoms with Crippen LogP contribution in [0.5, 0.6) is 5.75 Å². The first kappa shape index (κ1) is 17.9. The number of aryl methyl sites for hydroxylation is 2. The number of aromatic nitrogens is 2. The number of rotatable bonds is 4. The lowest BCUT2D eigenvalue weighted by molar-refractivity contribution is 0.304. The molecule has 0 spiro atoms. The van der Waals surface area contributed by atoms with E-state index in [0.717, 1.165) is 36.6 Å². The van der Waals surface area contributed by atoms with E-state index in [1.54, 1.807) is 11.3 Å². The second kappa shape index (κ2) is 7.29. The number of thiophene rings is 1. The Morgan fingerprint density at radius 3 is 2.67 bits per heavy atom. The number of ether oxygens (including phenoxy) is 1. The standard InChI is InChI=1S/C21H17BrN2O2S/c1-12-13(2)27-21-18(12)20(25)23-19(24-21)15-8-9-17(16(22)10-15)26-11-14-6-4-3-5-7-14/h3-10H,11H2,1-2H3,(H,23,24,25). The number of halogens is 1. The van der Waals surface area contributed by atoms with E-state index >= 15 is 0 Å². The number of fused-ring (bicyclic) bond motifs is 1. The van der Waals surface area contributed by atoms with Gasteiger partial charge in [-0.15, -0.1) is 11.3 Å². The molecule has 0 atom stereocenters. The molecule has 0 radical (unpaired) electrons. The van der Waals surface area contributed by atoms with Crippen LogP contribution in [-0.2, 0) is 6.61 Å². The van der Waals surface area contributed by atoms with Gasteiger partial charge in [-0.05, 0) is 59.1 Å². The third-order valence-electron chi connectivity index (χ3n) is 4.48. The van der Waals surface area contributed by atoms with Crippen molar-refractivity contribution in [2.45, 2.75) is 20.5 Å². The summed E-state index contributed by atoms with van der Waals surface area (Å²) in [7, 11) is 0. The maximum atomic E-state index is 12.5. The highest BCUT2D eigenvalue weighted by atomic mass is 79.9. The van der Waals surface area contributed by atoms with Gasteiger partial charge in [0.1, 0.15) is 23.0 Å². The van der Waals surface area contributed by atoms with Gasteiger partial charge in [0.15, 0.2) is 0 Å². The maximum Gasteiger partial charge on any atom is 0.260 e. The molecule has 4 nitrogen and oxygen atoms in total. The lowest BCUT2D eigenvalue weighted by Crippen LogP contribution is -2.09. The lowest BCUT2D eigenvalue weighted by Gasteiger charge is -2.10. The lowest BCUT2D eigenvalue weighted by atomic mass is 10.2. The summed E-state index contributed by atoms with van der Waals surface area (Å²) in [6.45, 7) is 4.46. The Morgan fingerprint density at radius 1 is 1.15 bits per heavy atom. The van der Waals surface area contributed by atoms with Crippen molar-refractivity contribution in [2.24, 2.45) is 0 Å². The van der Waals surface area contributed by atoms with E-state index in [4.69, 9.17) is 4.74 Å². The van der Waals surface area contributed by atoms with E-state index in [1.165, 1.54) is 0 Å². The SMILES string of the molecule is Cc1sc2nc(-c3ccc(OCc4ccccc4)c(Br)c3)[nH]c(=O)c2c1C. The highest BCUT2D eigenvalue weighted by Crippen LogP contribution is 2.31. The number of hydrogen-bond donors (Lipinski definition) is 1. The van der Waals surface area contributed by atoms with Gasteiger partial charge >= 0.3 is 0 Å². The fourth-order valence-electron chi connectivity index (χ4n) is 2.89. The number of hydrogen-bond acceptors (Lipinski definition) is 4. The van der Waals surface area contributed by atoms with Gasteiger partial charge in [0.05, 0.1) is 9.86 Å². The summed E-state index contributed by atoms with van der Waals surface area (Å²) in [6, 6.07) is 15.7. The molecule has 6 heteroatoms. The Bertz CT molecular complexity index is 1180. The van der Waals surface area contributed by atoms with E-state index < -0.39 is 0 Å². The van der Waals surface area contributed by atoms with Gasteiger partial charge in [-0.1, -0.05) is 30.3 Å². The van der Waals surface area contributed by atoms with Crippen LogP contribution in [0, 0.1) is 13.8 Å². The quantitative estimate of drug-likeness (QED) is 0.448. The molecule has 2 heterocycles. The molecule has 4 rings (SSSR count). The maximum absolute atomic E-state index is 12.5. The molecule has 0 unspecified atom stereocenters. The van der Waals surface area contributed by atoms with Gasteiger partial charge in [-0.3, -0.25) is 4.79 Å². The molecule has 2 aromatic heterocycles. The number of benzene rings is 2. The summed E-state index contributed by atoms with van der Waals surface area (Å²) in [6.07, 6.45) is 0. The normalized spacial score (nSPS) is 11.1. The molecule has 0 aliphatic carbocycles. The Kier molecular flexibility index (Phi) is 4.85. The van der Waals surface area contributed by atoms with Gasteiger partial charge in [-0.2, -0.15) is 0 Å². The third-order valence-corrected chi connectivity index (χ3v) is 6.20. The third kappa shape index (κ3) is 3.55. The Labute approximate surface area is 169 Å². The van der Waals surface area contributed by atoms with Gasteiger partial charge in [-0.25, -0.2) is 4.98 Å². The number of nitrogens with one attached hydrogen (secondary N) is 1. The number of nitrogens with zero attached hydrogens (tertiary/aromatic N) is 1. The molecular weight excluding hydrogens is 424 g/mol. The summed E-state index contributed by atoms with van der Waals surface area (Å²) < 4.78 is 6.71. The van der Waals surface area contributed by atoms with Crippen LogP contribution in [0.25, 0.3) is 21.6 Å². The molecule has 27 heavy (non-hydrogen) atoms. The van der Waals surface area contributed by atoms with E-state index in [1.807, 2.05) is 62.4 Å². The summed E-state index contributed by atoms with van der Waals surface area (Å²) in [5.41, 5.74) is 2.84. The van der Waals surface area contributed by atoms with Gasteiger partial charge in [0.25, 0.3) is 5.56 Å². The second-order valence-corrected chi connectivity index (χ2v) is 8.35. The Balaban J connectivity index is 1.64. The smallest absolute Gasteiger partial charge is 0.260 e. The molecule has 1 N–H and O–H groups in total. The van der Waals surface area contributed by atoms with Crippen molar-refractivity contribution in [3.8, 4) is 17.1 Å². The van der Waals surface area contributed by atoms with Gasteiger partial charge in [0.2, 0.25) is 0 Å². The molecule has 0 aliphatic rings. The molecule has 0 fully saturated rings. The number of H-pyrrole nitrogens is 1. The molecule has 136 valence electrons. The van der Waals surface area contributed by atoms with E-state index in [2.05, 4.69) is 25.9 Å². The van der Waals surface area contributed by atoms with Crippen molar-refractivity contribution >= 4 is 37.5 Å². The van der Waals surface area contributed by atoms with Crippen LogP contribution in [0.3, 0.4) is 0 Å². The molecule has 2 aromatic carbocycles. The Hall–Kier alpha value is -2.44. The fourth-order valence-corrected chi connectivity index (χ4v) is 4.42. The zero-order chi connectivity index (χ0) is 19.0. The first-order valence-corrected chi connectivity index (χ1v) is 10.1. The van der Waals surface area contributed by atoms with Gasteiger partial charge < -0.3 is 9.72 Å². The molecular formula is C21H17BrN2O2S. The van der Waals surface area contributed by atoms with Gasteiger partial charge in [0, 0.05) is 10.4 Å². The molecule has 0 bridgehead atoms. The first-order valence-electron chi connectivity index (χ1n) is 8.49. The predicted molar refractivity (Wildman–Crippen MR) is 114 cm³/mol. The summed E-state index contributed by atoms with van der Waals surface area (Å²) in [4.78, 5) is 21.9. The summed E-state index contributed by atoms with van der Waals surface area (Å²) in [5.74, 6) is 1.30. The van der Waals surface area contributed by atoms with Crippen molar-refractivity contribution in [1.29, 1.82) is 0 Å². The minimum Gasteiger partial charge on any atom is -0.488 e. The van der Waals surface area contributed by atoms with Crippen molar-refractivity contribution in [3.63, 3.8) is 0 Å². The average molecular weight is 441 g/mol. The van der Waals surface area contributed by atoms with E-state index in [0.29, 0.717) is 17.8 Å². The molecule has 0 saturated heterocycles. The van der Waals surface area contributed by atoms with Crippen molar-refractivity contribution in [3.05, 3.63) is 79.4 Å². The van der Waals surface area contributed by atoms with Crippen LogP contribution >= 0.6 is 27.3 Å². The van der Waals surface area contributed by atoms with Crippen molar-refractivity contribution in [2.75, 3.05) is 0 Å². The first-order chi connectivity index (χ1) is 13.0. The van der Waals surface area contributed by atoms with Crippen LogP contribution in [0.2, 0.25) is 0 Å². The predicted octanol–water partition coefficient (Wildman–Crippen LogP) is 5.61. The molecule has 0 aliphatic heterocycles. The zero-order valence-electron chi connectivity index (χ0n) is 14.9. The number of aromatic amines is 1. The average Bonchev–Trinajstić information content (AvgIpc) is 2.96. The summed E-state index contributed by atoms with van der Waals surface area (Å²) in [5, 5.41) is 0.683. The zero-order valence-corrected chi connectivity index (χ0v) is 17.3. The molecule has 0 saturated carbocycles. The van der Waals surface area contributed by atoms with Crippen LogP contribution < -0.4 is 10.3 Å². The second-order valence-electron chi connectivity index (χ2n) is 6.30. The minimum absolute atomic E-state index is 0.0997. The highest BCUT2D eigenvalue weighted by molar-refractivity contribution is 9.10. The van der Waals surface area contributed by atoms with Crippen molar-refractivity contribution < 1.29 is 4.74 Å². The van der Waals surface area contributed by atoms with E-state index in [-0.39, 0.29) is 5.56 Å². The molecule has 0 amide bonds. The minimum atomic E-state index is -0.0997. The highest BCUT2D eigenvalue weighted by Gasteiger charge is 2.13. The monoisotopic (exact) mass is 440 g/mol.